The molecule has 0 bridgehead atoms. The van der Waals surface area contributed by atoms with E-state index in [4.69, 9.17) is 0 Å². The van der Waals surface area contributed by atoms with Gasteiger partial charge in [-0.25, -0.2) is 17.8 Å². The minimum absolute atomic E-state index is 0.0302. The topological polar surface area (TPSA) is 83.1 Å². The molecular weight excluding hydrogens is 381 g/mol. The molecule has 0 saturated carbocycles. The summed E-state index contributed by atoms with van der Waals surface area (Å²) in [6, 6.07) is 12.3. The highest BCUT2D eigenvalue weighted by atomic mass is 32.2. The first-order chi connectivity index (χ1) is 13.3. The molecule has 28 heavy (non-hydrogen) atoms. The van der Waals surface area contributed by atoms with Crippen molar-refractivity contribution in [1.82, 2.24) is 14.3 Å². The Balaban J connectivity index is 1.67. The van der Waals surface area contributed by atoms with Gasteiger partial charge in [-0.2, -0.15) is 4.31 Å². The number of sulfonamides is 1. The average molecular weight is 399 g/mol. The first-order valence-electron chi connectivity index (χ1n) is 8.79. The number of fused-ring (bicyclic) bond motifs is 1. The summed E-state index contributed by atoms with van der Waals surface area (Å²) in [7, 11) is -3.69. The molecule has 2 heterocycles. The Hall–Kier alpha value is -2.84. The van der Waals surface area contributed by atoms with Crippen LogP contribution in [-0.2, 0) is 23.0 Å². The number of benzene rings is 2. The summed E-state index contributed by atoms with van der Waals surface area (Å²) in [5.41, 5.74) is 2.09. The standard InChI is InChI=1S/C20H18FN3O3S/c1-13-2-8-16(9-3-13)28(26,27)24-11-10-18-17(12-24)20(25)23-19(22-18)14-4-6-15(21)7-5-14/h2-9H,10-12H2,1H3,(H,22,23,25). The molecule has 3 aromatic rings. The van der Waals surface area contributed by atoms with E-state index in [1.165, 1.54) is 28.6 Å². The first kappa shape index (κ1) is 18.5. The van der Waals surface area contributed by atoms with Crippen molar-refractivity contribution in [3.05, 3.63) is 81.5 Å². The summed E-state index contributed by atoms with van der Waals surface area (Å²) < 4.78 is 40.2. The molecule has 1 aliphatic rings. The van der Waals surface area contributed by atoms with Gasteiger partial charge in [-0.1, -0.05) is 17.7 Å². The molecular formula is C20H18FN3O3S. The lowest BCUT2D eigenvalue weighted by molar-refractivity contribution is 0.385. The van der Waals surface area contributed by atoms with Crippen LogP contribution in [0.2, 0.25) is 0 Å². The largest absolute Gasteiger partial charge is 0.306 e. The van der Waals surface area contributed by atoms with E-state index >= 15 is 0 Å². The maximum atomic E-state index is 13.1. The van der Waals surface area contributed by atoms with Gasteiger partial charge in [0.2, 0.25) is 10.0 Å². The van der Waals surface area contributed by atoms with Crippen LogP contribution in [0.5, 0.6) is 0 Å². The van der Waals surface area contributed by atoms with E-state index in [0.29, 0.717) is 29.1 Å². The van der Waals surface area contributed by atoms with Crippen LogP contribution >= 0.6 is 0 Å². The molecule has 0 radical (unpaired) electrons. The van der Waals surface area contributed by atoms with E-state index in [-0.39, 0.29) is 29.4 Å². The van der Waals surface area contributed by atoms with Crippen LogP contribution < -0.4 is 5.56 Å². The number of H-pyrrole nitrogens is 1. The zero-order valence-corrected chi connectivity index (χ0v) is 16.0. The lowest BCUT2D eigenvalue weighted by Gasteiger charge is -2.27. The monoisotopic (exact) mass is 399 g/mol. The molecule has 6 nitrogen and oxygen atoms in total. The van der Waals surface area contributed by atoms with Crippen LogP contribution in [0.25, 0.3) is 11.4 Å². The van der Waals surface area contributed by atoms with Crippen molar-refractivity contribution in [2.45, 2.75) is 24.8 Å². The molecule has 0 spiro atoms. The summed E-state index contributed by atoms with van der Waals surface area (Å²) in [5, 5.41) is 0. The van der Waals surface area contributed by atoms with Crippen molar-refractivity contribution in [3.63, 3.8) is 0 Å². The quantitative estimate of drug-likeness (QED) is 0.734. The van der Waals surface area contributed by atoms with Gasteiger partial charge in [-0.15, -0.1) is 0 Å². The number of aromatic amines is 1. The second-order valence-electron chi connectivity index (χ2n) is 6.75. The van der Waals surface area contributed by atoms with E-state index in [9.17, 15) is 17.6 Å². The summed E-state index contributed by atoms with van der Waals surface area (Å²) >= 11 is 0. The molecule has 0 unspecified atom stereocenters. The minimum Gasteiger partial charge on any atom is -0.306 e. The molecule has 0 atom stereocenters. The zero-order chi connectivity index (χ0) is 19.9. The Morgan fingerprint density at radius 1 is 1.07 bits per heavy atom. The van der Waals surface area contributed by atoms with Crippen molar-refractivity contribution in [2.24, 2.45) is 0 Å². The Bertz CT molecular complexity index is 1190. The van der Waals surface area contributed by atoms with Crippen LogP contribution in [0.3, 0.4) is 0 Å². The van der Waals surface area contributed by atoms with E-state index < -0.39 is 10.0 Å². The Labute approximate surface area is 161 Å². The van der Waals surface area contributed by atoms with Gasteiger partial charge in [-0.05, 0) is 43.3 Å². The van der Waals surface area contributed by atoms with Gasteiger partial charge < -0.3 is 4.98 Å². The van der Waals surface area contributed by atoms with Crippen molar-refractivity contribution >= 4 is 10.0 Å². The van der Waals surface area contributed by atoms with Crippen molar-refractivity contribution < 1.29 is 12.8 Å². The summed E-state index contributed by atoms with van der Waals surface area (Å²) in [5.74, 6) is -0.0281. The molecule has 8 heteroatoms. The van der Waals surface area contributed by atoms with Crippen LogP contribution in [-0.4, -0.2) is 29.2 Å². The second kappa shape index (κ2) is 6.96. The number of aromatic nitrogens is 2. The fraction of sp³-hybridized carbons (Fsp3) is 0.200. The Kier molecular flexibility index (Phi) is 4.60. The lowest BCUT2D eigenvalue weighted by atomic mass is 10.1. The Morgan fingerprint density at radius 2 is 1.75 bits per heavy atom. The zero-order valence-electron chi connectivity index (χ0n) is 15.1. The molecule has 0 saturated heterocycles. The number of rotatable bonds is 3. The normalized spacial score (nSPS) is 14.6. The van der Waals surface area contributed by atoms with Crippen molar-refractivity contribution in [2.75, 3.05) is 6.54 Å². The van der Waals surface area contributed by atoms with Gasteiger partial charge in [0, 0.05) is 25.1 Å². The number of aryl methyl sites for hydroxylation is 1. The predicted octanol–water partition coefficient (Wildman–Crippen LogP) is 2.63. The molecule has 144 valence electrons. The third kappa shape index (κ3) is 3.36. The first-order valence-corrected chi connectivity index (χ1v) is 10.2. The highest BCUT2D eigenvalue weighted by Gasteiger charge is 2.30. The number of nitrogens with zero attached hydrogens (tertiary/aromatic N) is 2. The summed E-state index contributed by atoms with van der Waals surface area (Å²) in [4.78, 5) is 19.9. The molecule has 1 aliphatic heterocycles. The molecule has 1 N–H and O–H groups in total. The maximum Gasteiger partial charge on any atom is 0.255 e. The van der Waals surface area contributed by atoms with Gasteiger partial charge >= 0.3 is 0 Å². The van der Waals surface area contributed by atoms with Crippen LogP contribution in [0.1, 0.15) is 16.8 Å². The molecule has 4 rings (SSSR count). The van der Waals surface area contributed by atoms with Gasteiger partial charge in [0.15, 0.2) is 0 Å². The third-order valence-electron chi connectivity index (χ3n) is 4.81. The molecule has 0 aliphatic carbocycles. The van der Waals surface area contributed by atoms with E-state index in [1.54, 1.807) is 24.3 Å². The Morgan fingerprint density at radius 3 is 2.43 bits per heavy atom. The van der Waals surface area contributed by atoms with Crippen molar-refractivity contribution in [1.29, 1.82) is 0 Å². The van der Waals surface area contributed by atoms with Gasteiger partial charge in [-0.3, -0.25) is 4.79 Å². The lowest BCUT2D eigenvalue weighted by Crippen LogP contribution is -2.39. The van der Waals surface area contributed by atoms with E-state index in [1.807, 2.05) is 6.92 Å². The molecule has 0 fully saturated rings. The van der Waals surface area contributed by atoms with Gasteiger partial charge in [0.1, 0.15) is 11.6 Å². The van der Waals surface area contributed by atoms with Gasteiger partial charge in [0.05, 0.1) is 16.2 Å². The highest BCUT2D eigenvalue weighted by Crippen LogP contribution is 2.24. The van der Waals surface area contributed by atoms with Crippen LogP contribution in [0, 0.1) is 12.7 Å². The van der Waals surface area contributed by atoms with Crippen LogP contribution in [0.4, 0.5) is 4.39 Å². The summed E-state index contributed by atoms with van der Waals surface area (Å²) in [6.07, 6.45) is 0.332. The number of hydrogen-bond donors (Lipinski definition) is 1. The number of halogens is 1. The molecule has 1 aromatic heterocycles. The average Bonchev–Trinajstić information content (AvgIpc) is 2.68. The fourth-order valence-electron chi connectivity index (χ4n) is 3.21. The molecule has 2 aromatic carbocycles. The maximum absolute atomic E-state index is 13.1. The summed E-state index contributed by atoms with van der Waals surface area (Å²) in [6.45, 7) is 2.09. The smallest absolute Gasteiger partial charge is 0.255 e. The SMILES string of the molecule is Cc1ccc(S(=O)(=O)N2CCc3nc(-c4ccc(F)cc4)[nH]c(=O)c3C2)cc1. The second-order valence-corrected chi connectivity index (χ2v) is 8.69. The van der Waals surface area contributed by atoms with Crippen molar-refractivity contribution in [3.8, 4) is 11.4 Å². The third-order valence-corrected chi connectivity index (χ3v) is 6.67. The van der Waals surface area contributed by atoms with E-state index in [2.05, 4.69) is 9.97 Å². The van der Waals surface area contributed by atoms with Crippen LogP contribution in [0.15, 0.2) is 58.2 Å². The minimum atomic E-state index is -3.69. The van der Waals surface area contributed by atoms with Gasteiger partial charge in [0.25, 0.3) is 5.56 Å². The number of nitrogens with one attached hydrogen (secondary N) is 1. The molecule has 0 amide bonds. The highest BCUT2D eigenvalue weighted by molar-refractivity contribution is 7.89. The predicted molar refractivity (Wildman–Crippen MR) is 103 cm³/mol. The fourth-order valence-corrected chi connectivity index (χ4v) is 4.62. The van der Waals surface area contributed by atoms with E-state index in [0.717, 1.165) is 5.56 Å². The number of hydrogen-bond acceptors (Lipinski definition) is 4.